The van der Waals surface area contributed by atoms with E-state index in [0.29, 0.717) is 23.8 Å². The summed E-state index contributed by atoms with van der Waals surface area (Å²) >= 11 is 0. The van der Waals surface area contributed by atoms with E-state index in [4.69, 9.17) is 18.6 Å². The molecule has 6 heteroatoms. The van der Waals surface area contributed by atoms with E-state index in [-0.39, 0.29) is 18.3 Å². The van der Waals surface area contributed by atoms with Crippen LogP contribution in [-0.2, 0) is 26.0 Å². The molecule has 1 aliphatic rings. The van der Waals surface area contributed by atoms with Crippen LogP contribution in [0.2, 0.25) is 0 Å². The highest BCUT2D eigenvalue weighted by atomic mass is 16.5. The normalized spacial score (nSPS) is 12.3. The van der Waals surface area contributed by atoms with Gasteiger partial charge in [0.2, 0.25) is 0 Å². The maximum absolute atomic E-state index is 12.4. The first-order chi connectivity index (χ1) is 14.6. The summed E-state index contributed by atoms with van der Waals surface area (Å²) in [4.78, 5) is 12.4. The number of aryl methyl sites for hydroxylation is 2. The summed E-state index contributed by atoms with van der Waals surface area (Å²) in [5.74, 6) is 2.72. The maximum Gasteiger partial charge on any atom is 0.287 e. The molecule has 0 saturated heterocycles. The zero-order chi connectivity index (χ0) is 20.9. The number of nitrogens with one attached hydrogen (secondary N) is 1. The van der Waals surface area contributed by atoms with Crippen LogP contribution < -0.4 is 19.5 Å². The SMILES string of the molecule is COc1cc(CNC(=O)c2ccc(COc3ccc4c(c3)CCC4)o2)cc(OC)c1. The summed E-state index contributed by atoms with van der Waals surface area (Å²) in [7, 11) is 3.18. The van der Waals surface area contributed by atoms with Crippen molar-refractivity contribution in [3.8, 4) is 17.2 Å². The van der Waals surface area contributed by atoms with Gasteiger partial charge < -0.3 is 23.9 Å². The molecule has 1 N–H and O–H groups in total. The average Bonchev–Trinajstić information content (AvgIpc) is 3.44. The minimum Gasteiger partial charge on any atom is -0.497 e. The van der Waals surface area contributed by atoms with E-state index in [9.17, 15) is 4.79 Å². The molecule has 1 aliphatic carbocycles. The van der Waals surface area contributed by atoms with Crippen molar-refractivity contribution in [3.05, 3.63) is 76.7 Å². The van der Waals surface area contributed by atoms with Crippen molar-refractivity contribution in [3.63, 3.8) is 0 Å². The molecule has 3 aromatic rings. The van der Waals surface area contributed by atoms with Gasteiger partial charge in [-0.3, -0.25) is 4.79 Å². The minimum absolute atomic E-state index is 0.248. The number of hydrogen-bond donors (Lipinski definition) is 1. The van der Waals surface area contributed by atoms with Gasteiger partial charge in [-0.15, -0.1) is 0 Å². The first-order valence-corrected chi connectivity index (χ1v) is 9.98. The Bertz CT molecular complexity index is 1020. The van der Waals surface area contributed by atoms with Crippen molar-refractivity contribution < 1.29 is 23.4 Å². The average molecular weight is 407 g/mol. The van der Waals surface area contributed by atoms with Crippen LogP contribution in [-0.4, -0.2) is 20.1 Å². The molecule has 2 aromatic carbocycles. The first-order valence-electron chi connectivity index (χ1n) is 9.98. The van der Waals surface area contributed by atoms with Gasteiger partial charge in [0.15, 0.2) is 5.76 Å². The molecule has 4 rings (SSSR count). The fourth-order valence-corrected chi connectivity index (χ4v) is 3.61. The maximum atomic E-state index is 12.4. The predicted molar refractivity (Wildman–Crippen MR) is 112 cm³/mol. The lowest BCUT2D eigenvalue weighted by Crippen LogP contribution is -2.22. The van der Waals surface area contributed by atoms with E-state index in [2.05, 4.69) is 17.4 Å². The van der Waals surface area contributed by atoms with Crippen molar-refractivity contribution in [2.24, 2.45) is 0 Å². The van der Waals surface area contributed by atoms with Crippen molar-refractivity contribution >= 4 is 5.91 Å². The van der Waals surface area contributed by atoms with Crippen molar-refractivity contribution in [1.29, 1.82) is 0 Å². The Balaban J connectivity index is 1.33. The van der Waals surface area contributed by atoms with E-state index < -0.39 is 0 Å². The van der Waals surface area contributed by atoms with Gasteiger partial charge in [0.1, 0.15) is 29.6 Å². The number of hydrogen-bond acceptors (Lipinski definition) is 5. The molecule has 30 heavy (non-hydrogen) atoms. The molecule has 0 bridgehead atoms. The van der Waals surface area contributed by atoms with Crippen LogP contribution in [0.4, 0.5) is 0 Å². The van der Waals surface area contributed by atoms with Gasteiger partial charge in [0, 0.05) is 12.6 Å². The smallest absolute Gasteiger partial charge is 0.287 e. The third-order valence-corrected chi connectivity index (χ3v) is 5.20. The Hall–Kier alpha value is -3.41. The molecule has 0 aliphatic heterocycles. The topological polar surface area (TPSA) is 69.9 Å². The molecule has 0 fully saturated rings. The van der Waals surface area contributed by atoms with Crippen LogP contribution >= 0.6 is 0 Å². The summed E-state index contributed by atoms with van der Waals surface area (Å²) in [5.41, 5.74) is 3.64. The molecular weight excluding hydrogens is 382 g/mol. The zero-order valence-electron chi connectivity index (χ0n) is 17.2. The fourth-order valence-electron chi connectivity index (χ4n) is 3.61. The van der Waals surface area contributed by atoms with Crippen LogP contribution in [0.25, 0.3) is 0 Å². The highest BCUT2D eigenvalue weighted by molar-refractivity contribution is 5.91. The number of amides is 1. The van der Waals surface area contributed by atoms with E-state index in [0.717, 1.165) is 24.2 Å². The van der Waals surface area contributed by atoms with Crippen LogP contribution in [0.5, 0.6) is 17.2 Å². The number of ether oxygens (including phenoxy) is 3. The molecular formula is C24H25NO5. The molecule has 0 unspecified atom stereocenters. The summed E-state index contributed by atoms with van der Waals surface area (Å²) in [6.45, 7) is 0.604. The van der Waals surface area contributed by atoms with E-state index in [1.54, 1.807) is 32.4 Å². The Labute approximate surface area is 175 Å². The quantitative estimate of drug-likeness (QED) is 0.603. The number of carbonyl (C=O) groups is 1. The number of fused-ring (bicyclic) bond motifs is 1. The van der Waals surface area contributed by atoms with E-state index in [1.165, 1.54) is 17.5 Å². The highest BCUT2D eigenvalue weighted by Crippen LogP contribution is 2.26. The number of benzene rings is 2. The predicted octanol–water partition coefficient (Wildman–Crippen LogP) is 4.29. The molecule has 0 spiro atoms. The van der Waals surface area contributed by atoms with Gasteiger partial charge in [-0.1, -0.05) is 6.07 Å². The third kappa shape index (κ3) is 4.59. The molecule has 0 saturated carbocycles. The molecule has 1 amide bonds. The van der Waals surface area contributed by atoms with Gasteiger partial charge in [0.05, 0.1) is 14.2 Å². The lowest BCUT2D eigenvalue weighted by Gasteiger charge is -2.09. The molecule has 0 radical (unpaired) electrons. The molecule has 1 heterocycles. The number of rotatable bonds is 8. The van der Waals surface area contributed by atoms with Gasteiger partial charge in [0.25, 0.3) is 5.91 Å². The second kappa shape index (κ2) is 8.95. The standard InChI is InChI=1S/C24H25NO5/c1-27-21-10-16(11-22(13-21)28-2)14-25-24(26)23-9-8-20(30-23)15-29-19-7-6-17-4-3-5-18(17)12-19/h6-13H,3-5,14-15H2,1-2H3,(H,25,26). The van der Waals surface area contributed by atoms with Crippen LogP contribution in [0.15, 0.2) is 52.9 Å². The lowest BCUT2D eigenvalue weighted by atomic mass is 10.1. The van der Waals surface area contributed by atoms with Gasteiger partial charge in [-0.25, -0.2) is 0 Å². The van der Waals surface area contributed by atoms with Crippen LogP contribution in [0, 0.1) is 0 Å². The first kappa shape index (κ1) is 19.9. The highest BCUT2D eigenvalue weighted by Gasteiger charge is 2.14. The summed E-state index contributed by atoms with van der Waals surface area (Å²) in [5, 5.41) is 2.85. The second-order valence-electron chi connectivity index (χ2n) is 7.24. The minimum atomic E-state index is -0.291. The Kier molecular flexibility index (Phi) is 5.93. The lowest BCUT2D eigenvalue weighted by molar-refractivity contribution is 0.0919. The third-order valence-electron chi connectivity index (χ3n) is 5.20. The van der Waals surface area contributed by atoms with Crippen molar-refractivity contribution in [1.82, 2.24) is 5.32 Å². The second-order valence-corrected chi connectivity index (χ2v) is 7.24. The summed E-state index contributed by atoms with van der Waals surface area (Å²) < 4.78 is 22.0. The Morgan fingerprint density at radius 3 is 2.47 bits per heavy atom. The number of carbonyl (C=O) groups excluding carboxylic acids is 1. The van der Waals surface area contributed by atoms with Crippen molar-refractivity contribution in [2.75, 3.05) is 14.2 Å². The molecule has 156 valence electrons. The van der Waals surface area contributed by atoms with Gasteiger partial charge >= 0.3 is 0 Å². The van der Waals surface area contributed by atoms with Gasteiger partial charge in [-0.2, -0.15) is 0 Å². The van der Waals surface area contributed by atoms with Gasteiger partial charge in [-0.05, 0) is 72.4 Å². The number of methoxy groups -OCH3 is 2. The van der Waals surface area contributed by atoms with Crippen LogP contribution in [0.1, 0.15) is 39.4 Å². The summed E-state index contributed by atoms with van der Waals surface area (Å²) in [6.07, 6.45) is 3.46. The summed E-state index contributed by atoms with van der Waals surface area (Å²) in [6, 6.07) is 15.1. The molecule has 0 atom stereocenters. The van der Waals surface area contributed by atoms with E-state index >= 15 is 0 Å². The largest absolute Gasteiger partial charge is 0.497 e. The monoisotopic (exact) mass is 407 g/mol. The number of furan rings is 1. The molecule has 1 aromatic heterocycles. The Morgan fingerprint density at radius 2 is 1.70 bits per heavy atom. The fraction of sp³-hybridized carbons (Fsp3) is 0.292. The van der Waals surface area contributed by atoms with Crippen molar-refractivity contribution in [2.45, 2.75) is 32.4 Å². The van der Waals surface area contributed by atoms with E-state index in [1.807, 2.05) is 18.2 Å². The Morgan fingerprint density at radius 1 is 0.933 bits per heavy atom. The van der Waals surface area contributed by atoms with Crippen LogP contribution in [0.3, 0.4) is 0 Å². The molecule has 6 nitrogen and oxygen atoms in total. The zero-order valence-corrected chi connectivity index (χ0v) is 17.2.